The molecule has 0 saturated heterocycles. The molecule has 2 atom stereocenters. The number of anilines is 1. The molecule has 3 aromatic rings. The van der Waals surface area contributed by atoms with Gasteiger partial charge >= 0.3 is 6.61 Å². The SMILES string of the molecule is CCOc1ccc([C@H]2C[C@@H](c3ccccc3OC(F)F)n3nnnc3N2)cc1Cl. The van der Waals surface area contributed by atoms with Gasteiger partial charge in [-0.15, -0.1) is 0 Å². The third-order valence-corrected chi connectivity index (χ3v) is 5.00. The number of hydrogen-bond donors (Lipinski definition) is 1. The van der Waals surface area contributed by atoms with Crippen LogP contribution in [-0.4, -0.2) is 33.4 Å². The smallest absolute Gasteiger partial charge is 0.387 e. The molecule has 1 aliphatic rings. The number of para-hydroxylation sites is 1. The minimum atomic E-state index is -2.92. The van der Waals surface area contributed by atoms with Crippen LogP contribution in [0.25, 0.3) is 0 Å². The van der Waals surface area contributed by atoms with E-state index in [9.17, 15) is 8.78 Å². The molecule has 0 saturated carbocycles. The molecular weight excluding hydrogens is 404 g/mol. The van der Waals surface area contributed by atoms with Gasteiger partial charge in [0.2, 0.25) is 5.95 Å². The molecule has 0 unspecified atom stereocenters. The van der Waals surface area contributed by atoms with E-state index in [-0.39, 0.29) is 11.8 Å². The van der Waals surface area contributed by atoms with Crippen LogP contribution in [0.5, 0.6) is 11.5 Å². The highest BCUT2D eigenvalue weighted by Gasteiger charge is 2.33. The normalized spacial score (nSPS) is 18.2. The Morgan fingerprint density at radius 1 is 1.24 bits per heavy atom. The zero-order valence-corrected chi connectivity index (χ0v) is 16.2. The lowest BCUT2D eigenvalue weighted by Gasteiger charge is -2.31. The van der Waals surface area contributed by atoms with Gasteiger partial charge in [-0.05, 0) is 47.5 Å². The standard InChI is InChI=1S/C19H18ClF2N5O2/c1-2-28-17-8-7-11(9-13(17)20)14-10-15(27-19(23-14)24-25-26-27)12-5-3-4-6-16(12)29-18(21)22/h3-9,14-15,18H,2,10H2,1H3,(H,23,24,26)/t14-,15+/m1/s1. The monoisotopic (exact) mass is 421 g/mol. The van der Waals surface area contributed by atoms with Gasteiger partial charge in [-0.3, -0.25) is 0 Å². The lowest BCUT2D eigenvalue weighted by atomic mass is 9.93. The molecule has 1 aromatic heterocycles. The van der Waals surface area contributed by atoms with E-state index in [1.54, 1.807) is 22.9 Å². The summed E-state index contributed by atoms with van der Waals surface area (Å²) < 4.78 is 37.5. The maximum atomic E-state index is 12.9. The highest BCUT2D eigenvalue weighted by molar-refractivity contribution is 6.32. The van der Waals surface area contributed by atoms with Gasteiger partial charge in [0, 0.05) is 5.56 Å². The summed E-state index contributed by atoms with van der Waals surface area (Å²) in [6.07, 6.45) is 0.506. The molecule has 7 nitrogen and oxygen atoms in total. The van der Waals surface area contributed by atoms with Gasteiger partial charge < -0.3 is 14.8 Å². The summed E-state index contributed by atoms with van der Waals surface area (Å²) in [7, 11) is 0. The Labute approximate surface area is 170 Å². The predicted octanol–water partition coefficient (Wildman–Crippen LogP) is 4.47. The third kappa shape index (κ3) is 3.95. The minimum Gasteiger partial charge on any atom is -0.492 e. The number of hydrogen-bond acceptors (Lipinski definition) is 6. The summed E-state index contributed by atoms with van der Waals surface area (Å²) in [4.78, 5) is 0. The topological polar surface area (TPSA) is 74.1 Å². The van der Waals surface area contributed by atoms with Gasteiger partial charge in [-0.1, -0.05) is 41.0 Å². The highest BCUT2D eigenvalue weighted by atomic mass is 35.5. The number of nitrogens with zero attached hydrogens (tertiary/aromatic N) is 4. The van der Waals surface area contributed by atoms with Gasteiger partial charge in [0.15, 0.2) is 0 Å². The van der Waals surface area contributed by atoms with Crippen molar-refractivity contribution in [2.24, 2.45) is 0 Å². The van der Waals surface area contributed by atoms with E-state index in [0.717, 1.165) is 5.56 Å². The molecule has 0 radical (unpaired) electrons. The number of nitrogens with one attached hydrogen (secondary N) is 1. The summed E-state index contributed by atoms with van der Waals surface area (Å²) in [5.74, 6) is 1.13. The second-order valence-electron chi connectivity index (χ2n) is 6.43. The quantitative estimate of drug-likeness (QED) is 0.633. The first kappa shape index (κ1) is 19.4. The molecular formula is C19H18ClF2N5O2. The molecule has 2 aromatic carbocycles. The van der Waals surface area contributed by atoms with E-state index in [1.807, 2.05) is 25.1 Å². The number of ether oxygens (including phenoxy) is 2. The Bertz CT molecular complexity index is 1000. The van der Waals surface area contributed by atoms with Crippen molar-refractivity contribution in [2.45, 2.75) is 32.0 Å². The van der Waals surface area contributed by atoms with Crippen molar-refractivity contribution < 1.29 is 18.3 Å². The number of halogens is 3. The van der Waals surface area contributed by atoms with Crippen molar-refractivity contribution in [3.8, 4) is 11.5 Å². The number of alkyl halides is 2. The van der Waals surface area contributed by atoms with E-state index in [2.05, 4.69) is 20.8 Å². The molecule has 29 heavy (non-hydrogen) atoms. The van der Waals surface area contributed by atoms with E-state index < -0.39 is 12.7 Å². The fourth-order valence-corrected chi connectivity index (χ4v) is 3.72. The largest absolute Gasteiger partial charge is 0.492 e. The van der Waals surface area contributed by atoms with Gasteiger partial charge in [-0.2, -0.15) is 8.78 Å². The van der Waals surface area contributed by atoms with Gasteiger partial charge in [0.1, 0.15) is 11.5 Å². The van der Waals surface area contributed by atoms with Crippen molar-refractivity contribution in [2.75, 3.05) is 11.9 Å². The Morgan fingerprint density at radius 2 is 2.07 bits per heavy atom. The highest BCUT2D eigenvalue weighted by Crippen LogP contribution is 2.41. The molecule has 0 spiro atoms. The molecule has 0 bridgehead atoms. The van der Waals surface area contributed by atoms with E-state index in [4.69, 9.17) is 21.1 Å². The van der Waals surface area contributed by atoms with Crippen molar-refractivity contribution in [1.82, 2.24) is 20.2 Å². The number of tetrazole rings is 1. The van der Waals surface area contributed by atoms with Gasteiger partial charge in [0.05, 0.1) is 23.7 Å². The molecule has 4 rings (SSSR count). The predicted molar refractivity (Wildman–Crippen MR) is 103 cm³/mol. The van der Waals surface area contributed by atoms with Crippen LogP contribution in [0.4, 0.5) is 14.7 Å². The van der Waals surface area contributed by atoms with Gasteiger partial charge in [-0.25, -0.2) is 4.68 Å². The number of rotatable bonds is 6. The van der Waals surface area contributed by atoms with Crippen LogP contribution in [-0.2, 0) is 0 Å². The second kappa shape index (κ2) is 8.20. The Kier molecular flexibility index (Phi) is 5.48. The zero-order valence-electron chi connectivity index (χ0n) is 15.4. The summed E-state index contributed by atoms with van der Waals surface area (Å²) in [6, 6.07) is 11.6. The van der Waals surface area contributed by atoms with Crippen molar-refractivity contribution >= 4 is 17.5 Å². The maximum absolute atomic E-state index is 12.9. The van der Waals surface area contributed by atoms with Crippen molar-refractivity contribution in [3.63, 3.8) is 0 Å². The molecule has 10 heteroatoms. The van der Waals surface area contributed by atoms with Crippen LogP contribution in [0, 0.1) is 0 Å². The summed E-state index contributed by atoms with van der Waals surface area (Å²) >= 11 is 6.34. The molecule has 2 heterocycles. The first-order valence-electron chi connectivity index (χ1n) is 9.07. The average molecular weight is 422 g/mol. The Balaban J connectivity index is 1.70. The van der Waals surface area contributed by atoms with Crippen LogP contribution in [0.2, 0.25) is 5.02 Å². The van der Waals surface area contributed by atoms with E-state index in [1.165, 1.54) is 6.07 Å². The van der Waals surface area contributed by atoms with Crippen LogP contribution in [0.15, 0.2) is 42.5 Å². The Hall–Kier alpha value is -2.94. The minimum absolute atomic E-state index is 0.0966. The van der Waals surface area contributed by atoms with E-state index >= 15 is 0 Å². The molecule has 152 valence electrons. The second-order valence-corrected chi connectivity index (χ2v) is 6.84. The third-order valence-electron chi connectivity index (χ3n) is 4.70. The van der Waals surface area contributed by atoms with Crippen LogP contribution in [0.1, 0.15) is 36.6 Å². The first-order chi connectivity index (χ1) is 14.1. The summed E-state index contributed by atoms with van der Waals surface area (Å²) in [6.45, 7) is -0.527. The Morgan fingerprint density at radius 3 is 2.83 bits per heavy atom. The van der Waals surface area contributed by atoms with Crippen LogP contribution < -0.4 is 14.8 Å². The lowest BCUT2D eigenvalue weighted by Crippen LogP contribution is -2.28. The van der Waals surface area contributed by atoms with Crippen LogP contribution >= 0.6 is 11.6 Å². The number of benzene rings is 2. The lowest BCUT2D eigenvalue weighted by molar-refractivity contribution is -0.0507. The number of fused-ring (bicyclic) bond motifs is 1. The average Bonchev–Trinajstić information content (AvgIpc) is 3.18. The fourth-order valence-electron chi connectivity index (χ4n) is 3.48. The summed E-state index contributed by atoms with van der Waals surface area (Å²) in [5.41, 5.74) is 1.48. The van der Waals surface area contributed by atoms with Crippen molar-refractivity contribution in [1.29, 1.82) is 0 Å². The maximum Gasteiger partial charge on any atom is 0.387 e. The van der Waals surface area contributed by atoms with E-state index in [0.29, 0.717) is 35.3 Å². The number of aromatic nitrogens is 4. The molecule has 0 amide bonds. The molecule has 0 fully saturated rings. The van der Waals surface area contributed by atoms with Gasteiger partial charge in [0.25, 0.3) is 0 Å². The van der Waals surface area contributed by atoms with Crippen molar-refractivity contribution in [3.05, 3.63) is 58.6 Å². The first-order valence-corrected chi connectivity index (χ1v) is 9.45. The summed E-state index contributed by atoms with van der Waals surface area (Å²) in [5, 5.41) is 15.5. The molecule has 0 aliphatic carbocycles. The molecule has 1 aliphatic heterocycles. The molecule has 1 N–H and O–H groups in total. The van der Waals surface area contributed by atoms with Crippen LogP contribution in [0.3, 0.4) is 0 Å². The fraction of sp³-hybridized carbons (Fsp3) is 0.316. The zero-order chi connectivity index (χ0) is 20.4.